The Labute approximate surface area is 158 Å². The van der Waals surface area contributed by atoms with E-state index < -0.39 is 5.66 Å². The number of thioether (sulfide) groups is 1. The van der Waals surface area contributed by atoms with Gasteiger partial charge in [-0.05, 0) is 24.5 Å². The maximum Gasteiger partial charge on any atom is 0.190 e. The number of rotatable bonds is 6. The van der Waals surface area contributed by atoms with Crippen LogP contribution in [0.25, 0.3) is 0 Å². The van der Waals surface area contributed by atoms with Crippen molar-refractivity contribution in [1.82, 2.24) is 5.32 Å². The van der Waals surface area contributed by atoms with Gasteiger partial charge in [-0.2, -0.15) is 0 Å². The molecular weight excluding hydrogens is 373 g/mol. The molecule has 1 unspecified atom stereocenters. The van der Waals surface area contributed by atoms with Crippen molar-refractivity contribution in [2.75, 3.05) is 12.3 Å². The zero-order chi connectivity index (χ0) is 15.3. The van der Waals surface area contributed by atoms with E-state index in [2.05, 4.69) is 35.2 Å². The first-order valence-electron chi connectivity index (χ1n) is 7.08. The molecule has 0 fully saturated rings. The Morgan fingerprint density at radius 3 is 2.70 bits per heavy atom. The molecule has 1 aliphatic rings. The standard InChI is InChI=1S/C14H23N5S2.2ClH/c1-10(2)5-6-17-13(16)19-14(8-20-9-18-14)12-4-3-11(7-15)21-12;;/h3-4,9-10H,5-8,15H2,1-2H3,(H3,16,17,19);2*1H. The Bertz CT molecular complexity index is 533. The van der Waals surface area contributed by atoms with Crippen LogP contribution >= 0.6 is 47.9 Å². The normalized spacial score (nSPS) is 20.3. The minimum Gasteiger partial charge on any atom is -0.370 e. The third-order valence-corrected chi connectivity index (χ3v) is 5.33. The minimum atomic E-state index is -0.492. The lowest BCUT2D eigenvalue weighted by molar-refractivity contribution is 0.485. The third-order valence-electron chi connectivity index (χ3n) is 3.23. The summed E-state index contributed by atoms with van der Waals surface area (Å²) in [4.78, 5) is 11.3. The number of nitrogens with two attached hydrogens (primary N) is 2. The van der Waals surface area contributed by atoms with E-state index >= 15 is 0 Å². The molecule has 1 atom stereocenters. The van der Waals surface area contributed by atoms with Crippen LogP contribution in [0.1, 0.15) is 30.0 Å². The molecular formula is C14H25Cl2N5S2. The van der Waals surface area contributed by atoms with Crippen LogP contribution in [-0.2, 0) is 12.2 Å². The van der Waals surface area contributed by atoms with Crippen LogP contribution in [0.15, 0.2) is 22.1 Å². The second-order valence-corrected chi connectivity index (χ2v) is 7.45. The molecule has 23 heavy (non-hydrogen) atoms. The van der Waals surface area contributed by atoms with Gasteiger partial charge in [-0.25, -0.2) is 0 Å². The average molecular weight is 398 g/mol. The summed E-state index contributed by atoms with van der Waals surface area (Å²) in [6.07, 6.45) is 1.03. The molecule has 0 radical (unpaired) electrons. The summed E-state index contributed by atoms with van der Waals surface area (Å²) >= 11 is 3.35. The summed E-state index contributed by atoms with van der Waals surface area (Å²) in [5.41, 5.74) is 13.1. The molecule has 0 aliphatic carbocycles. The third kappa shape index (κ3) is 6.15. The summed E-state index contributed by atoms with van der Waals surface area (Å²) in [7, 11) is 0. The van der Waals surface area contributed by atoms with Gasteiger partial charge in [0.15, 0.2) is 11.6 Å². The molecule has 0 bridgehead atoms. The van der Waals surface area contributed by atoms with E-state index in [-0.39, 0.29) is 24.8 Å². The first-order chi connectivity index (χ1) is 10.1. The van der Waals surface area contributed by atoms with Gasteiger partial charge in [-0.1, -0.05) is 13.8 Å². The second kappa shape index (κ2) is 10.4. The van der Waals surface area contributed by atoms with Crippen LogP contribution < -0.4 is 16.8 Å². The fourth-order valence-corrected chi connectivity index (χ4v) is 3.94. The lowest BCUT2D eigenvalue weighted by Gasteiger charge is -2.26. The monoisotopic (exact) mass is 397 g/mol. The number of thiophene rings is 1. The molecule has 5 N–H and O–H groups in total. The number of aliphatic imine (C=N–C) groups is 2. The van der Waals surface area contributed by atoms with Gasteiger partial charge in [0, 0.05) is 23.7 Å². The van der Waals surface area contributed by atoms with Gasteiger partial charge in [0.05, 0.1) is 10.4 Å². The molecule has 0 aromatic carbocycles. The molecule has 0 spiro atoms. The van der Waals surface area contributed by atoms with E-state index in [0.717, 1.165) is 28.5 Å². The predicted molar refractivity (Wildman–Crippen MR) is 108 cm³/mol. The topological polar surface area (TPSA) is 88.8 Å². The molecule has 1 aliphatic heterocycles. The zero-order valence-corrected chi connectivity index (χ0v) is 16.6. The molecule has 132 valence electrons. The Morgan fingerprint density at radius 1 is 1.43 bits per heavy atom. The van der Waals surface area contributed by atoms with Crippen molar-refractivity contribution in [2.45, 2.75) is 32.5 Å². The molecule has 2 heterocycles. The van der Waals surface area contributed by atoms with Gasteiger partial charge in [-0.3, -0.25) is 9.98 Å². The molecule has 5 nitrogen and oxygen atoms in total. The summed E-state index contributed by atoms with van der Waals surface area (Å²) in [5.74, 6) is 1.90. The van der Waals surface area contributed by atoms with E-state index in [1.807, 2.05) is 11.6 Å². The number of nitrogens with zero attached hydrogens (tertiary/aromatic N) is 2. The highest BCUT2D eigenvalue weighted by Gasteiger charge is 2.36. The average Bonchev–Trinajstić information content (AvgIpc) is 3.07. The highest BCUT2D eigenvalue weighted by atomic mass is 35.5. The van der Waals surface area contributed by atoms with E-state index in [9.17, 15) is 0 Å². The van der Waals surface area contributed by atoms with Gasteiger partial charge >= 0.3 is 0 Å². The fourth-order valence-electron chi connectivity index (χ4n) is 1.99. The van der Waals surface area contributed by atoms with Crippen LogP contribution in [-0.4, -0.2) is 23.8 Å². The Hall–Kier alpha value is -0.470. The van der Waals surface area contributed by atoms with E-state index in [4.69, 9.17) is 11.5 Å². The summed E-state index contributed by atoms with van der Waals surface area (Å²) < 4.78 is 0. The zero-order valence-electron chi connectivity index (χ0n) is 13.3. The highest BCUT2D eigenvalue weighted by Crippen LogP contribution is 2.35. The number of halogens is 2. The predicted octanol–water partition coefficient (Wildman–Crippen LogP) is 2.93. The molecule has 1 aromatic rings. The SMILES string of the molecule is CC(C)CCN=C(N)NC1(c2ccc(CN)s2)CSC=N1.Cl.Cl. The maximum atomic E-state index is 6.04. The molecule has 9 heteroatoms. The van der Waals surface area contributed by atoms with Crippen LogP contribution in [0.4, 0.5) is 0 Å². The van der Waals surface area contributed by atoms with Crippen LogP contribution in [0.2, 0.25) is 0 Å². The maximum absolute atomic E-state index is 6.04. The fraction of sp³-hybridized carbons (Fsp3) is 0.571. The van der Waals surface area contributed by atoms with Gasteiger partial charge in [0.2, 0.25) is 0 Å². The van der Waals surface area contributed by atoms with Crippen molar-refractivity contribution in [3.63, 3.8) is 0 Å². The van der Waals surface area contributed by atoms with Crippen LogP contribution in [0.3, 0.4) is 0 Å². The van der Waals surface area contributed by atoms with Crippen molar-refractivity contribution in [3.05, 3.63) is 21.9 Å². The molecule has 0 saturated heterocycles. The van der Waals surface area contributed by atoms with Crippen LogP contribution in [0.5, 0.6) is 0 Å². The van der Waals surface area contributed by atoms with Gasteiger partial charge < -0.3 is 16.8 Å². The summed E-state index contributed by atoms with van der Waals surface area (Å²) in [5, 5.41) is 3.30. The Kier molecular flexibility index (Phi) is 10.2. The molecule has 2 rings (SSSR count). The van der Waals surface area contributed by atoms with Gasteiger partial charge in [-0.15, -0.1) is 47.9 Å². The Balaban J connectivity index is 0.00000242. The van der Waals surface area contributed by atoms with E-state index in [1.54, 1.807) is 23.1 Å². The van der Waals surface area contributed by atoms with Crippen molar-refractivity contribution < 1.29 is 0 Å². The summed E-state index contributed by atoms with van der Waals surface area (Å²) in [6.45, 7) is 5.65. The molecule has 0 saturated carbocycles. The quantitative estimate of drug-likeness (QED) is 0.508. The number of hydrogen-bond acceptors (Lipinski definition) is 5. The molecule has 1 aromatic heterocycles. The number of nitrogens with one attached hydrogen (secondary N) is 1. The van der Waals surface area contributed by atoms with Crippen molar-refractivity contribution in [2.24, 2.45) is 27.4 Å². The van der Waals surface area contributed by atoms with Gasteiger partial charge in [0.25, 0.3) is 0 Å². The van der Waals surface area contributed by atoms with Crippen molar-refractivity contribution in [3.8, 4) is 0 Å². The molecule has 0 amide bonds. The number of hydrogen-bond donors (Lipinski definition) is 3. The largest absolute Gasteiger partial charge is 0.370 e. The van der Waals surface area contributed by atoms with Crippen molar-refractivity contribution >= 4 is 59.4 Å². The number of guanidine groups is 1. The van der Waals surface area contributed by atoms with Gasteiger partial charge in [0.1, 0.15) is 0 Å². The van der Waals surface area contributed by atoms with Crippen LogP contribution in [0, 0.1) is 5.92 Å². The lowest BCUT2D eigenvalue weighted by Crippen LogP contribution is -2.48. The summed E-state index contributed by atoms with van der Waals surface area (Å²) in [6, 6.07) is 4.12. The lowest BCUT2D eigenvalue weighted by atomic mass is 10.1. The second-order valence-electron chi connectivity index (χ2n) is 5.45. The first kappa shape index (κ1) is 22.5. The van der Waals surface area contributed by atoms with Crippen molar-refractivity contribution in [1.29, 1.82) is 0 Å². The van der Waals surface area contributed by atoms with E-state index in [0.29, 0.717) is 18.4 Å². The Morgan fingerprint density at radius 2 is 2.17 bits per heavy atom. The smallest absolute Gasteiger partial charge is 0.190 e. The minimum absolute atomic E-state index is 0. The highest BCUT2D eigenvalue weighted by molar-refractivity contribution is 8.12. The first-order valence-corrected chi connectivity index (χ1v) is 8.95. The van der Waals surface area contributed by atoms with E-state index in [1.165, 1.54) is 0 Å².